The first kappa shape index (κ1) is 11.3. The van der Waals surface area contributed by atoms with E-state index in [1.165, 1.54) is 25.7 Å². The Morgan fingerprint density at radius 2 is 2.19 bits per heavy atom. The van der Waals surface area contributed by atoms with Gasteiger partial charge < -0.3 is 10.6 Å². The third-order valence-electron chi connectivity index (χ3n) is 3.26. The molecule has 1 fully saturated rings. The van der Waals surface area contributed by atoms with Crippen LogP contribution in [0.25, 0.3) is 0 Å². The van der Waals surface area contributed by atoms with Crippen LogP contribution < -0.4 is 10.6 Å². The molecule has 2 heterocycles. The van der Waals surface area contributed by atoms with Gasteiger partial charge in [0.05, 0.1) is 5.69 Å². The van der Waals surface area contributed by atoms with Gasteiger partial charge in [0, 0.05) is 19.1 Å². The van der Waals surface area contributed by atoms with Crippen molar-refractivity contribution in [1.29, 1.82) is 0 Å². The van der Waals surface area contributed by atoms with E-state index in [2.05, 4.69) is 22.0 Å². The van der Waals surface area contributed by atoms with Gasteiger partial charge in [0.2, 0.25) is 0 Å². The molecular formula is C12H20N4. The van der Waals surface area contributed by atoms with Crippen LogP contribution in [0.1, 0.15) is 38.3 Å². The Bertz CT molecular complexity index is 322. The number of nitrogens with zero attached hydrogens (tertiary/aromatic N) is 3. The van der Waals surface area contributed by atoms with Crippen LogP contribution in [0.5, 0.6) is 0 Å². The van der Waals surface area contributed by atoms with Gasteiger partial charge in [-0.25, -0.2) is 0 Å². The molecule has 1 aliphatic rings. The summed E-state index contributed by atoms with van der Waals surface area (Å²) in [5.74, 6) is 0.992. The van der Waals surface area contributed by atoms with Crippen molar-refractivity contribution in [2.24, 2.45) is 5.73 Å². The molecule has 1 aliphatic heterocycles. The monoisotopic (exact) mass is 220 g/mol. The summed E-state index contributed by atoms with van der Waals surface area (Å²) in [4.78, 5) is 2.36. The van der Waals surface area contributed by atoms with Gasteiger partial charge in [-0.3, -0.25) is 0 Å². The molecular weight excluding hydrogens is 200 g/mol. The molecule has 1 aromatic heterocycles. The van der Waals surface area contributed by atoms with Gasteiger partial charge in [-0.15, -0.1) is 5.10 Å². The zero-order chi connectivity index (χ0) is 11.4. The highest BCUT2D eigenvalue weighted by Crippen LogP contribution is 2.21. The fraction of sp³-hybridized carbons (Fsp3) is 0.667. The van der Waals surface area contributed by atoms with Crippen LogP contribution in [-0.4, -0.2) is 22.8 Å². The van der Waals surface area contributed by atoms with Gasteiger partial charge in [0.25, 0.3) is 0 Å². The van der Waals surface area contributed by atoms with Crippen molar-refractivity contribution in [1.82, 2.24) is 10.2 Å². The van der Waals surface area contributed by atoms with Crippen molar-refractivity contribution in [3.8, 4) is 0 Å². The van der Waals surface area contributed by atoms with Crippen molar-refractivity contribution in [2.45, 2.75) is 45.2 Å². The molecule has 0 radical (unpaired) electrons. The van der Waals surface area contributed by atoms with Gasteiger partial charge in [0.15, 0.2) is 5.82 Å². The second-order valence-electron chi connectivity index (χ2n) is 4.48. The molecule has 4 nitrogen and oxygen atoms in total. The first-order valence-electron chi connectivity index (χ1n) is 6.10. The topological polar surface area (TPSA) is 55.0 Å². The molecule has 4 heteroatoms. The molecule has 2 N–H and O–H groups in total. The summed E-state index contributed by atoms with van der Waals surface area (Å²) >= 11 is 0. The number of aromatic nitrogens is 2. The number of hydrogen-bond acceptors (Lipinski definition) is 4. The predicted octanol–water partition coefficient (Wildman–Crippen LogP) is 1.70. The molecule has 0 amide bonds. The summed E-state index contributed by atoms with van der Waals surface area (Å²) in [6, 6.07) is 4.58. The summed E-state index contributed by atoms with van der Waals surface area (Å²) in [5, 5.41) is 8.38. The zero-order valence-electron chi connectivity index (χ0n) is 9.89. The van der Waals surface area contributed by atoms with Crippen LogP contribution in [-0.2, 0) is 6.54 Å². The minimum atomic E-state index is 0.461. The first-order chi connectivity index (χ1) is 7.81. The van der Waals surface area contributed by atoms with E-state index < -0.39 is 0 Å². The van der Waals surface area contributed by atoms with Crippen LogP contribution in [0.4, 0.5) is 5.82 Å². The number of nitrogens with two attached hydrogens (primary N) is 1. The highest BCUT2D eigenvalue weighted by molar-refractivity contribution is 5.38. The van der Waals surface area contributed by atoms with E-state index in [4.69, 9.17) is 5.73 Å². The maximum Gasteiger partial charge on any atom is 0.151 e. The molecule has 88 valence electrons. The van der Waals surface area contributed by atoms with Crippen LogP contribution in [0.2, 0.25) is 0 Å². The SMILES string of the molecule is CC1CCCCCN1c1ccc(CN)nn1. The van der Waals surface area contributed by atoms with E-state index in [-0.39, 0.29) is 0 Å². The lowest BCUT2D eigenvalue weighted by molar-refractivity contribution is 0.607. The van der Waals surface area contributed by atoms with Crippen molar-refractivity contribution < 1.29 is 0 Å². The first-order valence-corrected chi connectivity index (χ1v) is 6.10. The summed E-state index contributed by atoms with van der Waals surface area (Å²) in [6.07, 6.45) is 5.16. The van der Waals surface area contributed by atoms with E-state index in [1.54, 1.807) is 0 Å². The van der Waals surface area contributed by atoms with E-state index in [0.29, 0.717) is 12.6 Å². The average Bonchev–Trinajstić information content (AvgIpc) is 2.54. The summed E-state index contributed by atoms with van der Waals surface area (Å²) in [5.41, 5.74) is 6.37. The van der Waals surface area contributed by atoms with Gasteiger partial charge >= 0.3 is 0 Å². The Labute approximate surface area is 96.9 Å². The normalized spacial score (nSPS) is 21.9. The van der Waals surface area contributed by atoms with E-state index in [0.717, 1.165) is 18.1 Å². The Morgan fingerprint density at radius 3 is 2.88 bits per heavy atom. The maximum atomic E-state index is 5.51. The van der Waals surface area contributed by atoms with E-state index >= 15 is 0 Å². The van der Waals surface area contributed by atoms with E-state index in [1.807, 2.05) is 12.1 Å². The van der Waals surface area contributed by atoms with Gasteiger partial charge in [-0.1, -0.05) is 12.8 Å². The van der Waals surface area contributed by atoms with Crippen molar-refractivity contribution in [3.63, 3.8) is 0 Å². The molecule has 1 aromatic rings. The number of anilines is 1. The lowest BCUT2D eigenvalue weighted by Crippen LogP contribution is -2.33. The standard InChI is InChI=1S/C12H20N4/c1-10-5-3-2-4-8-16(10)12-7-6-11(9-13)14-15-12/h6-7,10H,2-5,8-9,13H2,1H3. The number of rotatable bonds is 2. The minimum absolute atomic E-state index is 0.461. The van der Waals surface area contributed by atoms with Gasteiger partial charge in [0.1, 0.15) is 0 Å². The van der Waals surface area contributed by atoms with Crippen LogP contribution in [0.15, 0.2) is 12.1 Å². The molecule has 0 saturated carbocycles. The van der Waals surface area contributed by atoms with Crippen molar-refractivity contribution in [2.75, 3.05) is 11.4 Å². The molecule has 2 rings (SSSR count). The lowest BCUT2D eigenvalue weighted by Gasteiger charge is -2.27. The largest absolute Gasteiger partial charge is 0.352 e. The highest BCUT2D eigenvalue weighted by atomic mass is 15.3. The molecule has 1 saturated heterocycles. The highest BCUT2D eigenvalue weighted by Gasteiger charge is 2.18. The molecule has 0 aromatic carbocycles. The van der Waals surface area contributed by atoms with Gasteiger partial charge in [-0.05, 0) is 31.9 Å². The van der Waals surface area contributed by atoms with Gasteiger partial charge in [-0.2, -0.15) is 5.10 Å². The second-order valence-corrected chi connectivity index (χ2v) is 4.48. The third-order valence-corrected chi connectivity index (χ3v) is 3.26. The van der Waals surface area contributed by atoms with Crippen molar-refractivity contribution in [3.05, 3.63) is 17.8 Å². The summed E-state index contributed by atoms with van der Waals surface area (Å²) in [6.45, 7) is 3.82. The predicted molar refractivity (Wildman–Crippen MR) is 65.2 cm³/mol. The average molecular weight is 220 g/mol. The Kier molecular flexibility index (Phi) is 3.72. The quantitative estimate of drug-likeness (QED) is 0.824. The Morgan fingerprint density at radius 1 is 1.31 bits per heavy atom. The van der Waals surface area contributed by atoms with Crippen LogP contribution in [0.3, 0.4) is 0 Å². The molecule has 0 aliphatic carbocycles. The fourth-order valence-corrected chi connectivity index (χ4v) is 2.23. The smallest absolute Gasteiger partial charge is 0.151 e. The zero-order valence-corrected chi connectivity index (χ0v) is 9.89. The number of hydrogen-bond donors (Lipinski definition) is 1. The lowest BCUT2D eigenvalue weighted by atomic mass is 10.1. The van der Waals surface area contributed by atoms with E-state index in [9.17, 15) is 0 Å². The molecule has 16 heavy (non-hydrogen) atoms. The van der Waals surface area contributed by atoms with Crippen LogP contribution >= 0.6 is 0 Å². The van der Waals surface area contributed by atoms with Crippen molar-refractivity contribution >= 4 is 5.82 Å². The second kappa shape index (κ2) is 5.25. The molecule has 0 spiro atoms. The van der Waals surface area contributed by atoms with Crippen LogP contribution in [0, 0.1) is 0 Å². The Balaban J connectivity index is 2.14. The minimum Gasteiger partial charge on any atom is -0.352 e. The summed E-state index contributed by atoms with van der Waals surface area (Å²) in [7, 11) is 0. The third kappa shape index (κ3) is 2.50. The molecule has 1 unspecified atom stereocenters. The maximum absolute atomic E-state index is 5.51. The fourth-order valence-electron chi connectivity index (χ4n) is 2.23. The summed E-state index contributed by atoms with van der Waals surface area (Å²) < 4.78 is 0. The molecule has 1 atom stereocenters. The Hall–Kier alpha value is -1.16. The molecule has 0 bridgehead atoms.